The van der Waals surface area contributed by atoms with Gasteiger partial charge in [-0.3, -0.25) is 0 Å². The van der Waals surface area contributed by atoms with Gasteiger partial charge in [0.05, 0.1) is 5.88 Å². The van der Waals surface area contributed by atoms with Gasteiger partial charge in [-0.2, -0.15) is 0 Å². The summed E-state index contributed by atoms with van der Waals surface area (Å²) in [5, 5.41) is 10.1. The average molecular weight is 205 g/mol. The maximum atomic E-state index is 5.61. The second-order valence-electron chi connectivity index (χ2n) is 2.68. The fraction of sp³-hybridized carbons (Fsp3) is 0.750. The van der Waals surface area contributed by atoms with Crippen molar-refractivity contribution in [3.8, 4) is 0 Å². The molecule has 0 atom stereocenters. The first-order chi connectivity index (χ1) is 5.86. The molecule has 0 fully saturated rings. The Morgan fingerprint density at radius 2 is 2.00 bits per heavy atom. The first kappa shape index (κ1) is 9.93. The van der Waals surface area contributed by atoms with Crippen LogP contribution in [0.2, 0.25) is 0 Å². The molecule has 1 heterocycles. The predicted octanol–water partition coefficient (Wildman–Crippen LogP) is 3.01. The predicted molar refractivity (Wildman–Crippen MR) is 52.7 cm³/mol. The lowest BCUT2D eigenvalue weighted by molar-refractivity contribution is 0.710. The van der Waals surface area contributed by atoms with Crippen molar-refractivity contribution in [2.24, 2.45) is 0 Å². The van der Waals surface area contributed by atoms with Crippen LogP contribution in [-0.2, 0) is 12.3 Å². The molecule has 0 spiro atoms. The van der Waals surface area contributed by atoms with Gasteiger partial charge in [0.2, 0.25) is 0 Å². The van der Waals surface area contributed by atoms with Crippen LogP contribution in [0.25, 0.3) is 0 Å². The molecule has 1 rings (SSSR count). The summed E-state index contributed by atoms with van der Waals surface area (Å²) in [5.41, 5.74) is 0. The summed E-state index contributed by atoms with van der Waals surface area (Å²) in [6.45, 7) is 2.20. The molecule has 1 aromatic rings. The summed E-state index contributed by atoms with van der Waals surface area (Å²) < 4.78 is 0. The van der Waals surface area contributed by atoms with Crippen LogP contribution < -0.4 is 0 Å². The van der Waals surface area contributed by atoms with Crippen LogP contribution in [0.4, 0.5) is 0 Å². The smallest absolute Gasteiger partial charge is 0.132 e. The van der Waals surface area contributed by atoms with Crippen molar-refractivity contribution in [1.82, 2.24) is 10.2 Å². The molecule has 1 aromatic heterocycles. The van der Waals surface area contributed by atoms with E-state index in [-0.39, 0.29) is 0 Å². The summed E-state index contributed by atoms with van der Waals surface area (Å²) in [4.78, 5) is 0. The Hall–Kier alpha value is -0.150. The fourth-order valence-electron chi connectivity index (χ4n) is 0.970. The standard InChI is InChI=1S/C8H13ClN2S/c1-2-3-4-5-7-10-11-8(6-9)12-7/h2-6H2,1H3. The highest BCUT2D eigenvalue weighted by atomic mass is 35.5. The van der Waals surface area contributed by atoms with Crippen molar-refractivity contribution < 1.29 is 0 Å². The van der Waals surface area contributed by atoms with Crippen LogP contribution in [0, 0.1) is 0 Å². The van der Waals surface area contributed by atoms with Crippen molar-refractivity contribution in [2.45, 2.75) is 38.5 Å². The number of rotatable bonds is 5. The molecule has 0 aliphatic carbocycles. The molecule has 0 amide bonds. The van der Waals surface area contributed by atoms with Crippen LogP contribution in [0.15, 0.2) is 0 Å². The minimum absolute atomic E-state index is 0.492. The van der Waals surface area contributed by atoms with Gasteiger partial charge in [-0.1, -0.05) is 19.8 Å². The zero-order valence-electron chi connectivity index (χ0n) is 7.22. The van der Waals surface area contributed by atoms with Crippen LogP contribution in [0.5, 0.6) is 0 Å². The van der Waals surface area contributed by atoms with Crippen LogP contribution >= 0.6 is 22.9 Å². The van der Waals surface area contributed by atoms with E-state index in [1.165, 1.54) is 19.3 Å². The van der Waals surface area contributed by atoms with Gasteiger partial charge in [-0.05, 0) is 6.42 Å². The molecule has 0 aliphatic rings. The molecule has 0 saturated heterocycles. The molecule has 0 aliphatic heterocycles. The summed E-state index contributed by atoms with van der Waals surface area (Å²) in [6, 6.07) is 0. The SMILES string of the molecule is CCCCCc1nnc(CCl)s1. The maximum Gasteiger partial charge on any atom is 0.132 e. The number of unbranched alkanes of at least 4 members (excludes halogenated alkanes) is 2. The topological polar surface area (TPSA) is 25.8 Å². The molecule has 0 bridgehead atoms. The molecule has 2 nitrogen and oxygen atoms in total. The average Bonchev–Trinajstić information content (AvgIpc) is 2.53. The lowest BCUT2D eigenvalue weighted by Crippen LogP contribution is -1.83. The highest BCUT2D eigenvalue weighted by Gasteiger charge is 2.01. The third kappa shape index (κ3) is 3.07. The third-order valence-electron chi connectivity index (χ3n) is 1.62. The Morgan fingerprint density at radius 3 is 2.58 bits per heavy atom. The molecule has 0 saturated carbocycles. The van der Waals surface area contributed by atoms with Gasteiger partial charge >= 0.3 is 0 Å². The van der Waals surface area contributed by atoms with Gasteiger partial charge in [0.1, 0.15) is 10.0 Å². The highest BCUT2D eigenvalue weighted by molar-refractivity contribution is 7.11. The van der Waals surface area contributed by atoms with E-state index in [2.05, 4.69) is 17.1 Å². The largest absolute Gasteiger partial charge is 0.144 e. The Kier molecular flexibility index (Phi) is 4.54. The van der Waals surface area contributed by atoms with Crippen molar-refractivity contribution >= 4 is 22.9 Å². The van der Waals surface area contributed by atoms with Gasteiger partial charge in [0.25, 0.3) is 0 Å². The minimum atomic E-state index is 0.492. The molecular weight excluding hydrogens is 192 g/mol. The van der Waals surface area contributed by atoms with Crippen LogP contribution in [-0.4, -0.2) is 10.2 Å². The molecule has 0 radical (unpaired) electrons. The first-order valence-electron chi connectivity index (χ1n) is 4.24. The number of aromatic nitrogens is 2. The summed E-state index contributed by atoms with van der Waals surface area (Å²) in [6.07, 6.45) is 4.80. The number of alkyl halides is 1. The molecule has 68 valence electrons. The fourth-order valence-corrected chi connectivity index (χ4v) is 1.92. The second-order valence-corrected chi connectivity index (χ2v) is 4.09. The van der Waals surface area contributed by atoms with E-state index in [0.29, 0.717) is 5.88 Å². The number of halogens is 1. The van der Waals surface area contributed by atoms with E-state index in [0.717, 1.165) is 16.4 Å². The van der Waals surface area contributed by atoms with Gasteiger partial charge in [0.15, 0.2) is 0 Å². The minimum Gasteiger partial charge on any atom is -0.144 e. The molecule has 0 unspecified atom stereocenters. The van der Waals surface area contributed by atoms with Crippen molar-refractivity contribution in [1.29, 1.82) is 0 Å². The molecule has 4 heteroatoms. The molecule has 12 heavy (non-hydrogen) atoms. The molecule has 0 N–H and O–H groups in total. The van der Waals surface area contributed by atoms with Crippen molar-refractivity contribution in [3.05, 3.63) is 10.0 Å². The summed E-state index contributed by atoms with van der Waals surface area (Å²) in [5.74, 6) is 0.492. The molecule has 0 aromatic carbocycles. The Labute approximate surface area is 82.0 Å². The lowest BCUT2D eigenvalue weighted by atomic mass is 10.2. The summed E-state index contributed by atoms with van der Waals surface area (Å²) >= 11 is 7.24. The van der Waals surface area contributed by atoms with Crippen LogP contribution in [0.3, 0.4) is 0 Å². The zero-order valence-corrected chi connectivity index (χ0v) is 8.79. The number of nitrogens with zero attached hydrogens (tertiary/aromatic N) is 2. The third-order valence-corrected chi connectivity index (χ3v) is 3.01. The van der Waals surface area contributed by atoms with E-state index in [9.17, 15) is 0 Å². The Bertz CT molecular complexity index is 225. The Morgan fingerprint density at radius 1 is 1.25 bits per heavy atom. The lowest BCUT2D eigenvalue weighted by Gasteiger charge is -1.91. The highest BCUT2D eigenvalue weighted by Crippen LogP contribution is 2.14. The number of hydrogen-bond donors (Lipinski definition) is 0. The second kappa shape index (κ2) is 5.49. The summed E-state index contributed by atoms with van der Waals surface area (Å²) in [7, 11) is 0. The van der Waals surface area contributed by atoms with Gasteiger partial charge in [-0.25, -0.2) is 0 Å². The number of hydrogen-bond acceptors (Lipinski definition) is 3. The van der Waals surface area contributed by atoms with Crippen molar-refractivity contribution in [3.63, 3.8) is 0 Å². The van der Waals surface area contributed by atoms with E-state index in [4.69, 9.17) is 11.6 Å². The van der Waals surface area contributed by atoms with Gasteiger partial charge in [-0.15, -0.1) is 33.1 Å². The maximum absolute atomic E-state index is 5.61. The van der Waals surface area contributed by atoms with E-state index >= 15 is 0 Å². The monoisotopic (exact) mass is 204 g/mol. The first-order valence-corrected chi connectivity index (χ1v) is 5.59. The van der Waals surface area contributed by atoms with E-state index < -0.39 is 0 Å². The van der Waals surface area contributed by atoms with E-state index in [1.54, 1.807) is 11.3 Å². The van der Waals surface area contributed by atoms with Gasteiger partial charge in [0, 0.05) is 6.42 Å². The zero-order chi connectivity index (χ0) is 8.81. The van der Waals surface area contributed by atoms with Crippen molar-refractivity contribution in [2.75, 3.05) is 0 Å². The molecular formula is C8H13ClN2S. The van der Waals surface area contributed by atoms with Crippen LogP contribution in [0.1, 0.15) is 36.2 Å². The quantitative estimate of drug-likeness (QED) is 0.545. The van der Waals surface area contributed by atoms with E-state index in [1.807, 2.05) is 0 Å². The Balaban J connectivity index is 2.31. The van der Waals surface area contributed by atoms with Gasteiger partial charge < -0.3 is 0 Å². The normalized spacial score (nSPS) is 10.5. The number of aryl methyl sites for hydroxylation is 1.